The number of fused-ring (bicyclic) bond motifs is 2. The molecule has 0 atom stereocenters. The van der Waals surface area contributed by atoms with Crippen LogP contribution in [0.5, 0.6) is 11.5 Å². The van der Waals surface area contributed by atoms with Gasteiger partial charge in [-0.25, -0.2) is 0 Å². The van der Waals surface area contributed by atoms with E-state index in [-0.39, 0.29) is 5.91 Å². The number of amides is 1. The highest BCUT2D eigenvalue weighted by Crippen LogP contribution is 2.35. The minimum absolute atomic E-state index is 0.268. The molecule has 6 nitrogen and oxygen atoms in total. The van der Waals surface area contributed by atoms with Crippen molar-refractivity contribution in [3.8, 4) is 22.6 Å². The Labute approximate surface area is 190 Å². The Morgan fingerprint density at radius 1 is 0.875 bits per heavy atom. The molecule has 1 saturated heterocycles. The van der Waals surface area contributed by atoms with E-state index in [1.54, 1.807) is 0 Å². The molecule has 3 aliphatic heterocycles. The Morgan fingerprint density at radius 2 is 1.59 bits per heavy atom. The van der Waals surface area contributed by atoms with Crippen molar-refractivity contribution in [3.63, 3.8) is 0 Å². The lowest BCUT2D eigenvalue weighted by atomic mass is 9.94. The maximum absolute atomic E-state index is 12.9. The first-order chi connectivity index (χ1) is 15.6. The summed E-state index contributed by atoms with van der Waals surface area (Å²) >= 11 is 0. The van der Waals surface area contributed by atoms with Gasteiger partial charge in [0.15, 0.2) is 11.5 Å². The molecule has 170 valence electrons. The van der Waals surface area contributed by atoms with Crippen LogP contribution in [0, 0.1) is 0 Å². The van der Waals surface area contributed by atoms with Crippen LogP contribution >= 0.6 is 0 Å². The molecule has 1 fully saturated rings. The molecule has 0 N–H and O–H groups in total. The third-order valence-corrected chi connectivity index (χ3v) is 6.93. The molecule has 0 saturated carbocycles. The van der Waals surface area contributed by atoms with Crippen molar-refractivity contribution in [2.24, 2.45) is 0 Å². The SMILES string of the molecule is CC(C)N1CCN(C(=O)CN2CCc3cc(-c4ccc5c(c4)OCCO5)ccc3C2)CC1. The maximum atomic E-state index is 12.9. The molecule has 2 aromatic rings. The van der Waals surface area contributed by atoms with Crippen LogP contribution in [0.2, 0.25) is 0 Å². The molecule has 0 radical (unpaired) electrons. The predicted molar refractivity (Wildman–Crippen MR) is 125 cm³/mol. The number of piperazine rings is 1. The largest absolute Gasteiger partial charge is 0.486 e. The summed E-state index contributed by atoms with van der Waals surface area (Å²) in [6.07, 6.45) is 0.974. The minimum atomic E-state index is 0.268. The highest BCUT2D eigenvalue weighted by Gasteiger charge is 2.25. The van der Waals surface area contributed by atoms with Crippen LogP contribution in [0.25, 0.3) is 11.1 Å². The summed E-state index contributed by atoms with van der Waals surface area (Å²) in [6, 6.07) is 13.4. The Bertz CT molecular complexity index is 982. The first-order valence-electron chi connectivity index (χ1n) is 11.8. The molecule has 0 spiro atoms. The van der Waals surface area contributed by atoms with Crippen molar-refractivity contribution in [3.05, 3.63) is 47.5 Å². The summed E-state index contributed by atoms with van der Waals surface area (Å²) in [7, 11) is 0. The van der Waals surface area contributed by atoms with Gasteiger partial charge in [-0.2, -0.15) is 0 Å². The molecule has 0 bridgehead atoms. The zero-order chi connectivity index (χ0) is 22.1. The smallest absolute Gasteiger partial charge is 0.236 e. The topological polar surface area (TPSA) is 45.2 Å². The highest BCUT2D eigenvalue weighted by molar-refractivity contribution is 5.78. The lowest BCUT2D eigenvalue weighted by Crippen LogP contribution is -2.53. The first-order valence-corrected chi connectivity index (χ1v) is 11.8. The van der Waals surface area contributed by atoms with Gasteiger partial charge in [0.05, 0.1) is 6.54 Å². The number of nitrogens with zero attached hydrogens (tertiary/aromatic N) is 3. The van der Waals surface area contributed by atoms with Gasteiger partial charge in [-0.3, -0.25) is 14.6 Å². The van der Waals surface area contributed by atoms with Gasteiger partial charge in [0, 0.05) is 45.3 Å². The standard InChI is InChI=1S/C26H33N3O3/c1-19(2)28-9-11-29(12-10-28)26(30)18-27-8-7-22-15-20(3-4-23(22)17-27)21-5-6-24-25(16-21)32-14-13-31-24/h3-6,15-16,19H,7-14,17-18H2,1-2H3. The fraction of sp³-hybridized carbons (Fsp3) is 0.500. The van der Waals surface area contributed by atoms with Crippen molar-refractivity contribution in [1.82, 2.24) is 14.7 Å². The number of carbonyl (C=O) groups is 1. The van der Waals surface area contributed by atoms with Gasteiger partial charge in [0.2, 0.25) is 5.91 Å². The number of hydrogen-bond donors (Lipinski definition) is 0. The molecule has 3 heterocycles. The van der Waals surface area contributed by atoms with Crippen LogP contribution < -0.4 is 9.47 Å². The predicted octanol–water partition coefficient (Wildman–Crippen LogP) is 3.04. The number of ether oxygens (including phenoxy) is 2. The van der Waals surface area contributed by atoms with E-state index in [0.29, 0.717) is 25.8 Å². The fourth-order valence-electron chi connectivity index (χ4n) is 4.93. The summed E-state index contributed by atoms with van der Waals surface area (Å²) in [6.45, 7) is 11.6. The van der Waals surface area contributed by atoms with E-state index < -0.39 is 0 Å². The van der Waals surface area contributed by atoms with Crippen molar-refractivity contribution in [2.45, 2.75) is 32.9 Å². The first kappa shape index (κ1) is 21.3. The molecule has 0 aromatic heterocycles. The van der Waals surface area contributed by atoms with Crippen molar-refractivity contribution in [1.29, 1.82) is 0 Å². The molecule has 0 aliphatic carbocycles. The maximum Gasteiger partial charge on any atom is 0.236 e. The van der Waals surface area contributed by atoms with Crippen molar-refractivity contribution in [2.75, 3.05) is 52.5 Å². The molecule has 6 heteroatoms. The summed E-state index contributed by atoms with van der Waals surface area (Å²) < 4.78 is 11.4. The summed E-state index contributed by atoms with van der Waals surface area (Å²) in [5, 5.41) is 0. The number of hydrogen-bond acceptors (Lipinski definition) is 5. The van der Waals surface area contributed by atoms with Gasteiger partial charge in [-0.15, -0.1) is 0 Å². The van der Waals surface area contributed by atoms with Crippen LogP contribution in [-0.4, -0.2) is 79.1 Å². The van der Waals surface area contributed by atoms with Crippen LogP contribution in [0.1, 0.15) is 25.0 Å². The lowest BCUT2D eigenvalue weighted by Gasteiger charge is -2.38. The van der Waals surface area contributed by atoms with E-state index >= 15 is 0 Å². The molecule has 32 heavy (non-hydrogen) atoms. The third kappa shape index (κ3) is 4.48. The number of carbonyl (C=O) groups excluding carboxylic acids is 1. The average Bonchev–Trinajstić information content (AvgIpc) is 2.83. The van der Waals surface area contributed by atoms with E-state index in [0.717, 1.165) is 62.8 Å². The average molecular weight is 436 g/mol. The highest BCUT2D eigenvalue weighted by atomic mass is 16.6. The zero-order valence-electron chi connectivity index (χ0n) is 19.2. The Balaban J connectivity index is 1.21. The summed E-state index contributed by atoms with van der Waals surface area (Å²) in [5.41, 5.74) is 5.06. The Kier molecular flexibility index (Phi) is 6.07. The van der Waals surface area contributed by atoms with Gasteiger partial charge in [-0.1, -0.05) is 24.3 Å². The molecular weight excluding hydrogens is 402 g/mol. The van der Waals surface area contributed by atoms with Gasteiger partial charge in [-0.05, 0) is 54.7 Å². The van der Waals surface area contributed by atoms with E-state index in [2.05, 4.69) is 54.0 Å². The second-order valence-electron chi connectivity index (χ2n) is 9.31. The van der Waals surface area contributed by atoms with Crippen molar-refractivity contribution < 1.29 is 14.3 Å². The number of benzene rings is 2. The van der Waals surface area contributed by atoms with Crippen LogP contribution in [0.15, 0.2) is 36.4 Å². The van der Waals surface area contributed by atoms with Gasteiger partial charge in [0.1, 0.15) is 13.2 Å². The second kappa shape index (κ2) is 9.12. The monoisotopic (exact) mass is 435 g/mol. The molecular formula is C26H33N3O3. The number of rotatable bonds is 4. The summed E-state index contributed by atoms with van der Waals surface area (Å²) in [4.78, 5) is 19.6. The zero-order valence-corrected chi connectivity index (χ0v) is 19.2. The second-order valence-corrected chi connectivity index (χ2v) is 9.31. The fourth-order valence-corrected chi connectivity index (χ4v) is 4.93. The molecule has 1 amide bonds. The van der Waals surface area contributed by atoms with E-state index in [1.165, 1.54) is 16.7 Å². The van der Waals surface area contributed by atoms with Gasteiger partial charge >= 0.3 is 0 Å². The molecule has 0 unspecified atom stereocenters. The van der Waals surface area contributed by atoms with Crippen molar-refractivity contribution >= 4 is 5.91 Å². The normalized spacial score (nSPS) is 19.2. The van der Waals surface area contributed by atoms with Crippen LogP contribution in [-0.2, 0) is 17.8 Å². The quantitative estimate of drug-likeness (QED) is 0.739. The lowest BCUT2D eigenvalue weighted by molar-refractivity contribution is -0.134. The molecule has 3 aliphatic rings. The van der Waals surface area contributed by atoms with Crippen LogP contribution in [0.4, 0.5) is 0 Å². The third-order valence-electron chi connectivity index (χ3n) is 6.93. The Hall–Kier alpha value is -2.57. The minimum Gasteiger partial charge on any atom is -0.486 e. The van der Waals surface area contributed by atoms with E-state index in [4.69, 9.17) is 9.47 Å². The Morgan fingerprint density at radius 3 is 2.38 bits per heavy atom. The molecule has 2 aromatic carbocycles. The van der Waals surface area contributed by atoms with Gasteiger partial charge in [0.25, 0.3) is 0 Å². The van der Waals surface area contributed by atoms with Gasteiger partial charge < -0.3 is 14.4 Å². The summed E-state index contributed by atoms with van der Waals surface area (Å²) in [5.74, 6) is 1.92. The van der Waals surface area contributed by atoms with Crippen LogP contribution in [0.3, 0.4) is 0 Å². The van der Waals surface area contributed by atoms with E-state index in [1.807, 2.05) is 11.0 Å². The molecule has 5 rings (SSSR count). The van der Waals surface area contributed by atoms with E-state index in [9.17, 15) is 4.79 Å².